The van der Waals surface area contributed by atoms with E-state index in [2.05, 4.69) is 0 Å². The van der Waals surface area contributed by atoms with Gasteiger partial charge in [-0.1, -0.05) is 0 Å². The summed E-state index contributed by atoms with van der Waals surface area (Å²) in [5, 5.41) is 9.36. The van der Waals surface area contributed by atoms with Crippen LogP contribution in [0.3, 0.4) is 0 Å². The molecule has 0 bridgehead atoms. The molecule has 0 radical (unpaired) electrons. The van der Waals surface area contributed by atoms with Crippen LogP contribution in [0.2, 0.25) is 0 Å². The van der Waals surface area contributed by atoms with Gasteiger partial charge >= 0.3 is 0 Å². The van der Waals surface area contributed by atoms with Crippen molar-refractivity contribution in [3.63, 3.8) is 0 Å². The number of benzene rings is 1. The molecule has 1 aromatic carbocycles. The number of aliphatic hydroxyl groups excluding tert-OH is 1. The number of furan rings is 1. The maximum atomic E-state index is 13.7. The summed E-state index contributed by atoms with van der Waals surface area (Å²) in [7, 11) is 0. The van der Waals surface area contributed by atoms with Gasteiger partial charge in [0.1, 0.15) is 17.2 Å². The lowest BCUT2D eigenvalue weighted by atomic mass is 10.1. The number of aliphatic hydroxyl groups is 1. The van der Waals surface area contributed by atoms with Gasteiger partial charge in [0.05, 0.1) is 17.8 Å². The number of hydrogen-bond acceptors (Lipinski definition) is 2. The molecule has 1 aromatic heterocycles. The molecular weight excluding hydrogens is 202 g/mol. The Hall–Kier alpha value is -1.42. The van der Waals surface area contributed by atoms with Crippen molar-refractivity contribution in [3.05, 3.63) is 35.6 Å². The first-order valence-corrected chi connectivity index (χ1v) is 4.61. The second kappa shape index (κ2) is 3.62. The average molecular weight is 212 g/mol. The smallest absolute Gasteiger partial charge is 0.140 e. The zero-order valence-electron chi connectivity index (χ0n) is 8.13. The fourth-order valence-corrected chi connectivity index (χ4v) is 1.57. The number of rotatable bonds is 2. The van der Waals surface area contributed by atoms with Crippen LogP contribution in [0.1, 0.15) is 12.5 Å². The van der Waals surface area contributed by atoms with Crippen molar-refractivity contribution in [3.8, 4) is 0 Å². The van der Waals surface area contributed by atoms with Crippen LogP contribution >= 0.6 is 0 Å². The molecule has 2 nitrogen and oxygen atoms in total. The van der Waals surface area contributed by atoms with Crippen LogP contribution in [0.15, 0.2) is 22.8 Å². The van der Waals surface area contributed by atoms with Crippen molar-refractivity contribution in [2.75, 3.05) is 0 Å². The molecular formula is C11H10F2O2. The van der Waals surface area contributed by atoms with E-state index in [0.717, 1.165) is 6.07 Å². The molecule has 1 heterocycles. The number of halogens is 2. The molecule has 0 fully saturated rings. The minimum absolute atomic E-state index is 0.0429. The van der Waals surface area contributed by atoms with E-state index in [1.54, 1.807) is 0 Å². The van der Waals surface area contributed by atoms with Gasteiger partial charge in [-0.15, -0.1) is 0 Å². The van der Waals surface area contributed by atoms with Crippen LogP contribution in [0.5, 0.6) is 0 Å². The summed E-state index contributed by atoms with van der Waals surface area (Å²) in [5.74, 6) is -1.34. The fourth-order valence-electron chi connectivity index (χ4n) is 1.57. The van der Waals surface area contributed by atoms with Gasteiger partial charge in [0.2, 0.25) is 0 Å². The highest BCUT2D eigenvalue weighted by Crippen LogP contribution is 2.25. The van der Waals surface area contributed by atoms with E-state index in [4.69, 9.17) is 9.52 Å². The van der Waals surface area contributed by atoms with E-state index in [-0.39, 0.29) is 23.0 Å². The van der Waals surface area contributed by atoms with Crippen LogP contribution in [-0.4, -0.2) is 11.2 Å². The van der Waals surface area contributed by atoms with Crippen molar-refractivity contribution < 1.29 is 18.3 Å². The van der Waals surface area contributed by atoms with Gasteiger partial charge in [-0.05, 0) is 13.0 Å². The van der Waals surface area contributed by atoms with Gasteiger partial charge in [0.25, 0.3) is 0 Å². The van der Waals surface area contributed by atoms with Crippen molar-refractivity contribution in [1.29, 1.82) is 0 Å². The molecule has 0 spiro atoms. The van der Waals surface area contributed by atoms with E-state index < -0.39 is 17.7 Å². The predicted octanol–water partition coefficient (Wildman–Crippen LogP) is 2.63. The summed E-state index contributed by atoms with van der Waals surface area (Å²) in [6.45, 7) is 1.48. The monoisotopic (exact) mass is 212 g/mol. The SMILES string of the molecule is CC(O)Cc1c(F)cc2occc2c1F. The molecule has 0 aliphatic rings. The first-order chi connectivity index (χ1) is 7.09. The second-order valence-corrected chi connectivity index (χ2v) is 3.54. The highest BCUT2D eigenvalue weighted by molar-refractivity contribution is 5.78. The lowest BCUT2D eigenvalue weighted by molar-refractivity contribution is 0.192. The van der Waals surface area contributed by atoms with Gasteiger partial charge in [0.15, 0.2) is 0 Å². The molecule has 1 N–H and O–H groups in total. The molecule has 2 rings (SSSR count). The predicted molar refractivity (Wildman–Crippen MR) is 51.5 cm³/mol. The Morgan fingerprint density at radius 2 is 2.20 bits per heavy atom. The van der Waals surface area contributed by atoms with Crippen molar-refractivity contribution in [2.24, 2.45) is 0 Å². The third kappa shape index (κ3) is 1.72. The molecule has 0 amide bonds. The summed E-state index contributed by atoms with van der Waals surface area (Å²) in [5.41, 5.74) is 0.0817. The number of fused-ring (bicyclic) bond motifs is 1. The van der Waals surface area contributed by atoms with E-state index in [1.165, 1.54) is 19.3 Å². The number of hydrogen-bond donors (Lipinski definition) is 1. The summed E-state index contributed by atoms with van der Waals surface area (Å²) < 4.78 is 32.0. The first kappa shape index (κ1) is 10.1. The van der Waals surface area contributed by atoms with Gasteiger partial charge in [-0.3, -0.25) is 0 Å². The van der Waals surface area contributed by atoms with Crippen molar-refractivity contribution in [2.45, 2.75) is 19.4 Å². The quantitative estimate of drug-likeness (QED) is 0.830. The Labute approximate surface area is 85.1 Å². The Kier molecular flexibility index (Phi) is 2.44. The fraction of sp³-hybridized carbons (Fsp3) is 0.273. The maximum absolute atomic E-state index is 13.7. The zero-order chi connectivity index (χ0) is 11.0. The summed E-state index contributed by atoms with van der Waals surface area (Å²) in [4.78, 5) is 0. The maximum Gasteiger partial charge on any atom is 0.140 e. The standard InChI is InChI=1S/C11H10F2O2/c1-6(14)4-8-9(12)5-10-7(11(8)13)2-3-15-10/h2-3,5-6,14H,4H2,1H3. The minimum Gasteiger partial charge on any atom is -0.464 e. The molecule has 80 valence electrons. The van der Waals surface area contributed by atoms with Crippen LogP contribution in [0, 0.1) is 11.6 Å². The van der Waals surface area contributed by atoms with Gasteiger partial charge in [-0.2, -0.15) is 0 Å². The van der Waals surface area contributed by atoms with Gasteiger partial charge < -0.3 is 9.52 Å². The Morgan fingerprint density at radius 3 is 2.87 bits per heavy atom. The molecule has 0 aliphatic carbocycles. The summed E-state index contributed by atoms with van der Waals surface area (Å²) in [6.07, 6.45) is 0.483. The summed E-state index contributed by atoms with van der Waals surface area (Å²) in [6, 6.07) is 2.58. The molecule has 4 heteroatoms. The third-order valence-corrected chi connectivity index (χ3v) is 2.24. The lowest BCUT2D eigenvalue weighted by Crippen LogP contribution is -2.08. The molecule has 1 atom stereocenters. The molecule has 15 heavy (non-hydrogen) atoms. The van der Waals surface area contributed by atoms with E-state index in [1.807, 2.05) is 0 Å². The lowest BCUT2D eigenvalue weighted by Gasteiger charge is -2.07. The Balaban J connectivity index is 2.61. The summed E-state index contributed by atoms with van der Waals surface area (Å²) >= 11 is 0. The first-order valence-electron chi connectivity index (χ1n) is 4.61. The normalized spacial score (nSPS) is 13.3. The Bertz CT molecular complexity index is 489. The third-order valence-electron chi connectivity index (χ3n) is 2.24. The molecule has 0 saturated carbocycles. The zero-order valence-corrected chi connectivity index (χ0v) is 8.13. The van der Waals surface area contributed by atoms with Crippen molar-refractivity contribution >= 4 is 11.0 Å². The minimum atomic E-state index is -0.779. The Morgan fingerprint density at radius 1 is 1.47 bits per heavy atom. The molecule has 0 saturated heterocycles. The largest absolute Gasteiger partial charge is 0.464 e. The highest BCUT2D eigenvalue weighted by atomic mass is 19.1. The molecule has 0 aliphatic heterocycles. The van der Waals surface area contributed by atoms with Crippen LogP contribution in [0.25, 0.3) is 11.0 Å². The van der Waals surface area contributed by atoms with Crippen LogP contribution in [0.4, 0.5) is 8.78 Å². The van der Waals surface area contributed by atoms with Gasteiger partial charge in [0, 0.05) is 18.1 Å². The van der Waals surface area contributed by atoms with Crippen LogP contribution < -0.4 is 0 Å². The van der Waals surface area contributed by atoms with Crippen LogP contribution in [-0.2, 0) is 6.42 Å². The van der Waals surface area contributed by atoms with Crippen molar-refractivity contribution in [1.82, 2.24) is 0 Å². The van der Waals surface area contributed by atoms with E-state index >= 15 is 0 Å². The highest BCUT2D eigenvalue weighted by Gasteiger charge is 2.16. The average Bonchev–Trinajstić information content (AvgIpc) is 2.59. The van der Waals surface area contributed by atoms with E-state index in [0.29, 0.717) is 0 Å². The molecule has 2 aromatic rings. The molecule has 1 unspecified atom stereocenters. The van der Waals surface area contributed by atoms with E-state index in [9.17, 15) is 8.78 Å². The topological polar surface area (TPSA) is 33.4 Å². The second-order valence-electron chi connectivity index (χ2n) is 3.54. The van der Waals surface area contributed by atoms with Gasteiger partial charge in [-0.25, -0.2) is 8.78 Å².